The average molecular weight is 228 g/mol. The number of nitrogens with zero attached hydrogens (tertiary/aromatic N) is 2. The maximum Gasteiger partial charge on any atom is 0.212 e. The van der Waals surface area contributed by atoms with Crippen molar-refractivity contribution in [3.05, 3.63) is 0 Å². The van der Waals surface area contributed by atoms with Gasteiger partial charge in [0.25, 0.3) is 0 Å². The predicted octanol–water partition coefficient (Wildman–Crippen LogP) is -0.393. The van der Waals surface area contributed by atoms with Crippen molar-refractivity contribution in [2.45, 2.75) is 30.6 Å². The molecule has 4 atom stereocenters. The van der Waals surface area contributed by atoms with Crippen LogP contribution in [0.1, 0.15) is 6.42 Å². The lowest BCUT2D eigenvalue weighted by atomic mass is 9.94. The van der Waals surface area contributed by atoms with Crippen LogP contribution >= 0.6 is 11.8 Å². The molecule has 0 radical (unpaired) electrons. The van der Waals surface area contributed by atoms with Gasteiger partial charge in [-0.05, 0) is 0 Å². The Hall–Kier alpha value is -0.300. The zero-order chi connectivity index (χ0) is 10.0. The van der Waals surface area contributed by atoms with E-state index in [1.807, 2.05) is 0 Å². The highest BCUT2D eigenvalue weighted by Crippen LogP contribution is 2.44. The molecule has 6 heteroatoms. The highest BCUT2D eigenvalue weighted by Gasteiger charge is 2.58. The molecule has 0 aromatic heterocycles. The van der Waals surface area contributed by atoms with Crippen molar-refractivity contribution in [1.82, 2.24) is 4.90 Å². The van der Waals surface area contributed by atoms with Crippen molar-refractivity contribution in [1.29, 1.82) is 0 Å². The summed E-state index contributed by atoms with van der Waals surface area (Å²) < 4.78 is 11.1. The summed E-state index contributed by atoms with van der Waals surface area (Å²) in [5.74, 6) is 1.06. The molecule has 4 aliphatic heterocycles. The summed E-state index contributed by atoms with van der Waals surface area (Å²) in [5.41, 5.74) is -1.14. The van der Waals surface area contributed by atoms with E-state index in [9.17, 15) is 5.11 Å². The monoisotopic (exact) mass is 228 g/mol. The summed E-state index contributed by atoms with van der Waals surface area (Å²) >= 11 is 1.72. The maximum atomic E-state index is 10.4. The minimum atomic E-state index is -1.14. The van der Waals surface area contributed by atoms with E-state index >= 15 is 0 Å². The van der Waals surface area contributed by atoms with Crippen LogP contribution in [0.15, 0.2) is 4.99 Å². The van der Waals surface area contributed by atoms with E-state index in [0.29, 0.717) is 13.0 Å². The number of aliphatic imine (C=N–C) groups is 1. The molecule has 4 rings (SSSR count). The minimum absolute atomic E-state index is 0.111. The van der Waals surface area contributed by atoms with Crippen LogP contribution in [0.4, 0.5) is 0 Å². The number of aliphatic hydroxyl groups is 1. The van der Waals surface area contributed by atoms with Gasteiger partial charge in [0.05, 0.1) is 12.6 Å². The molecular weight excluding hydrogens is 216 g/mol. The van der Waals surface area contributed by atoms with E-state index in [1.54, 1.807) is 11.8 Å². The van der Waals surface area contributed by atoms with Crippen LogP contribution in [0.5, 0.6) is 0 Å². The fourth-order valence-electron chi connectivity index (χ4n) is 2.79. The Morgan fingerprint density at radius 1 is 1.60 bits per heavy atom. The minimum Gasteiger partial charge on any atom is -0.365 e. The second kappa shape index (κ2) is 2.68. The first-order valence-corrected chi connectivity index (χ1v) is 6.24. The molecular formula is C9H12N2O3S. The standard InChI is InChI=1S/C9H12N2O3S/c12-9-3-5(6-4-13-7(9)14-6)11-1-2-15-8(11)10-9/h5-7,12H,1-4H2. The smallest absolute Gasteiger partial charge is 0.212 e. The largest absolute Gasteiger partial charge is 0.365 e. The van der Waals surface area contributed by atoms with Gasteiger partial charge in [0.2, 0.25) is 12.0 Å². The van der Waals surface area contributed by atoms with Gasteiger partial charge in [-0.1, -0.05) is 11.8 Å². The Kier molecular flexibility index (Phi) is 1.58. The van der Waals surface area contributed by atoms with Gasteiger partial charge >= 0.3 is 0 Å². The average Bonchev–Trinajstić information content (AvgIpc) is 2.80. The Morgan fingerprint density at radius 3 is 3.47 bits per heavy atom. The molecule has 4 unspecified atom stereocenters. The zero-order valence-corrected chi connectivity index (χ0v) is 8.94. The number of hydrogen-bond donors (Lipinski definition) is 1. The number of amidine groups is 1. The van der Waals surface area contributed by atoms with Crippen LogP contribution in [-0.4, -0.2) is 58.2 Å². The van der Waals surface area contributed by atoms with Crippen LogP contribution in [0.25, 0.3) is 0 Å². The van der Waals surface area contributed by atoms with Crippen LogP contribution in [0.2, 0.25) is 0 Å². The zero-order valence-electron chi connectivity index (χ0n) is 8.13. The Balaban J connectivity index is 1.84. The van der Waals surface area contributed by atoms with Gasteiger partial charge in [-0.25, -0.2) is 4.99 Å². The number of hydrogen-bond acceptors (Lipinski definition) is 6. The maximum absolute atomic E-state index is 10.4. The molecule has 0 aliphatic carbocycles. The summed E-state index contributed by atoms with van der Waals surface area (Å²) in [6.45, 7) is 1.59. The van der Waals surface area contributed by atoms with Crippen molar-refractivity contribution >= 4 is 16.9 Å². The second-order valence-electron chi connectivity index (χ2n) is 4.43. The van der Waals surface area contributed by atoms with Crippen molar-refractivity contribution < 1.29 is 14.6 Å². The van der Waals surface area contributed by atoms with E-state index in [2.05, 4.69) is 9.89 Å². The van der Waals surface area contributed by atoms with Gasteiger partial charge in [0, 0.05) is 18.7 Å². The van der Waals surface area contributed by atoms with Crippen molar-refractivity contribution in [3.63, 3.8) is 0 Å². The summed E-state index contributed by atoms with van der Waals surface area (Å²) in [4.78, 5) is 6.64. The van der Waals surface area contributed by atoms with E-state index in [0.717, 1.165) is 17.5 Å². The first-order valence-electron chi connectivity index (χ1n) is 5.25. The molecule has 0 saturated carbocycles. The Morgan fingerprint density at radius 2 is 2.53 bits per heavy atom. The first-order chi connectivity index (χ1) is 7.26. The van der Waals surface area contributed by atoms with Crippen LogP contribution in [0.3, 0.4) is 0 Å². The van der Waals surface area contributed by atoms with E-state index in [4.69, 9.17) is 9.47 Å². The fraction of sp³-hybridized carbons (Fsp3) is 0.889. The summed E-state index contributed by atoms with van der Waals surface area (Å²) in [6, 6.07) is 0.247. The van der Waals surface area contributed by atoms with Gasteiger partial charge < -0.3 is 19.5 Å². The quantitative estimate of drug-likeness (QED) is 0.612. The normalized spacial score (nSPS) is 51.7. The molecule has 4 heterocycles. The van der Waals surface area contributed by atoms with Gasteiger partial charge in [-0.15, -0.1) is 0 Å². The molecule has 0 spiro atoms. The van der Waals surface area contributed by atoms with E-state index in [-0.39, 0.29) is 12.1 Å². The van der Waals surface area contributed by atoms with E-state index < -0.39 is 12.0 Å². The third-order valence-electron chi connectivity index (χ3n) is 3.53. The topological polar surface area (TPSA) is 54.3 Å². The SMILES string of the molecule is OC12CC(C3COC1O3)N1CCSC1=N2. The number of rotatable bonds is 0. The van der Waals surface area contributed by atoms with Gasteiger partial charge in [0.15, 0.2) is 5.17 Å². The van der Waals surface area contributed by atoms with Crippen molar-refractivity contribution in [2.24, 2.45) is 4.99 Å². The van der Waals surface area contributed by atoms with Crippen LogP contribution in [-0.2, 0) is 9.47 Å². The Bertz CT molecular complexity index is 350. The lowest BCUT2D eigenvalue weighted by Crippen LogP contribution is -2.60. The number of fused-ring (bicyclic) bond motifs is 8. The first kappa shape index (κ1) is 8.81. The highest BCUT2D eigenvalue weighted by molar-refractivity contribution is 8.14. The van der Waals surface area contributed by atoms with Crippen LogP contribution < -0.4 is 0 Å². The number of thioether (sulfide) groups is 1. The highest BCUT2D eigenvalue weighted by atomic mass is 32.2. The molecule has 4 bridgehead atoms. The lowest BCUT2D eigenvalue weighted by molar-refractivity contribution is -0.224. The summed E-state index contributed by atoms with van der Waals surface area (Å²) in [6.07, 6.45) is 0.209. The van der Waals surface area contributed by atoms with Gasteiger partial charge in [-0.3, -0.25) is 0 Å². The molecule has 3 fully saturated rings. The van der Waals surface area contributed by atoms with Crippen LogP contribution in [0, 0.1) is 0 Å². The van der Waals surface area contributed by atoms with Crippen molar-refractivity contribution in [3.8, 4) is 0 Å². The molecule has 0 aromatic rings. The summed E-state index contributed by atoms with van der Waals surface area (Å²) in [5, 5.41) is 11.3. The fourth-order valence-corrected chi connectivity index (χ4v) is 3.88. The van der Waals surface area contributed by atoms with E-state index in [1.165, 1.54) is 0 Å². The molecule has 1 N–H and O–H groups in total. The molecule has 15 heavy (non-hydrogen) atoms. The van der Waals surface area contributed by atoms with Gasteiger partial charge in [0.1, 0.15) is 6.10 Å². The third-order valence-corrected chi connectivity index (χ3v) is 4.50. The Labute approximate surface area is 91.4 Å². The predicted molar refractivity (Wildman–Crippen MR) is 54.6 cm³/mol. The molecule has 3 saturated heterocycles. The summed E-state index contributed by atoms with van der Waals surface area (Å²) in [7, 11) is 0. The van der Waals surface area contributed by atoms with Gasteiger partial charge in [-0.2, -0.15) is 0 Å². The molecule has 5 nitrogen and oxygen atoms in total. The van der Waals surface area contributed by atoms with Crippen molar-refractivity contribution in [2.75, 3.05) is 18.9 Å². The lowest BCUT2D eigenvalue weighted by Gasteiger charge is -2.45. The third kappa shape index (κ3) is 1.03. The number of ether oxygens (including phenoxy) is 2. The second-order valence-corrected chi connectivity index (χ2v) is 5.49. The molecule has 0 amide bonds. The molecule has 0 aromatic carbocycles. The molecule has 82 valence electrons. The molecule has 4 aliphatic rings.